The zero-order valence-electron chi connectivity index (χ0n) is 20.0. The van der Waals surface area contributed by atoms with Crippen LogP contribution in [-0.4, -0.2) is 55.6 Å². The Bertz CT molecular complexity index is 1100. The molecule has 2 aliphatic carbocycles. The van der Waals surface area contributed by atoms with Crippen LogP contribution in [0.4, 0.5) is 5.69 Å². The first-order valence-corrected chi connectivity index (χ1v) is 12.9. The van der Waals surface area contributed by atoms with Crippen LogP contribution in [0.2, 0.25) is 0 Å². The fourth-order valence-electron chi connectivity index (χ4n) is 5.04. The maximum absolute atomic E-state index is 4.80. The van der Waals surface area contributed by atoms with Gasteiger partial charge >= 0.3 is 0 Å². The third-order valence-electron chi connectivity index (χ3n) is 7.72. The van der Waals surface area contributed by atoms with Crippen LogP contribution >= 0.6 is 0 Å². The molecule has 4 heterocycles. The Labute approximate surface area is 201 Å². The predicted octanol–water partition coefficient (Wildman–Crippen LogP) is 3.98. The van der Waals surface area contributed by atoms with E-state index in [0.717, 1.165) is 41.8 Å². The molecule has 1 aliphatic heterocycles. The van der Waals surface area contributed by atoms with Crippen LogP contribution in [0.1, 0.15) is 75.2 Å². The summed E-state index contributed by atoms with van der Waals surface area (Å²) in [6, 6.07) is 4.91. The van der Waals surface area contributed by atoms with Gasteiger partial charge in [-0.15, -0.1) is 5.10 Å². The minimum absolute atomic E-state index is 0.00637. The number of nitrogens with one attached hydrogen (secondary N) is 1. The zero-order chi connectivity index (χ0) is 22.9. The minimum atomic E-state index is -0.00637. The number of hydrogen-bond donors (Lipinski definition) is 1. The van der Waals surface area contributed by atoms with Crippen LogP contribution in [0.3, 0.4) is 0 Å². The Hall–Kier alpha value is -2.87. The van der Waals surface area contributed by atoms with E-state index in [1.165, 1.54) is 57.2 Å². The topological polar surface area (TPSA) is 84.7 Å². The number of piperidine rings is 1. The van der Waals surface area contributed by atoms with E-state index in [9.17, 15) is 0 Å². The van der Waals surface area contributed by atoms with E-state index >= 15 is 0 Å². The highest BCUT2D eigenvalue weighted by Gasteiger charge is 2.26. The van der Waals surface area contributed by atoms with Crippen molar-refractivity contribution in [1.82, 2.24) is 35.3 Å². The normalized spacial score (nSPS) is 21.9. The molecule has 178 valence electrons. The summed E-state index contributed by atoms with van der Waals surface area (Å²) < 4.78 is 1.87. The first-order valence-electron chi connectivity index (χ1n) is 12.9. The monoisotopic (exact) mass is 458 g/mol. The Morgan fingerprint density at radius 1 is 1.03 bits per heavy atom. The Kier molecular flexibility index (Phi) is 5.99. The molecule has 3 fully saturated rings. The number of rotatable bonds is 8. The number of anilines is 1. The summed E-state index contributed by atoms with van der Waals surface area (Å²) in [5, 5.41) is 12.5. The molecule has 0 radical (unpaired) electrons. The molecule has 0 aromatic carbocycles. The van der Waals surface area contributed by atoms with Crippen LogP contribution < -0.4 is 10.2 Å². The summed E-state index contributed by atoms with van der Waals surface area (Å²) in [7, 11) is 0. The van der Waals surface area contributed by atoms with Crippen molar-refractivity contribution >= 4 is 5.69 Å². The van der Waals surface area contributed by atoms with Gasteiger partial charge in [0, 0.05) is 31.2 Å². The quantitative estimate of drug-likeness (QED) is 0.547. The summed E-state index contributed by atoms with van der Waals surface area (Å²) in [4.78, 5) is 16.4. The largest absolute Gasteiger partial charge is 0.369 e. The molecule has 3 aromatic rings. The smallest absolute Gasteiger partial charge is 0.133 e. The van der Waals surface area contributed by atoms with Crippen molar-refractivity contribution in [3.05, 3.63) is 48.3 Å². The molecule has 8 nitrogen and oxygen atoms in total. The average Bonchev–Trinajstić information content (AvgIpc) is 3.59. The molecule has 2 atom stereocenters. The fourth-order valence-corrected chi connectivity index (χ4v) is 5.04. The molecular formula is C26H34N8. The molecule has 34 heavy (non-hydrogen) atoms. The van der Waals surface area contributed by atoms with Crippen LogP contribution in [-0.2, 0) is 0 Å². The van der Waals surface area contributed by atoms with Gasteiger partial charge in [-0.3, -0.25) is 9.97 Å². The summed E-state index contributed by atoms with van der Waals surface area (Å²) >= 11 is 0. The van der Waals surface area contributed by atoms with Crippen molar-refractivity contribution in [2.24, 2.45) is 5.92 Å². The van der Waals surface area contributed by atoms with Gasteiger partial charge < -0.3 is 10.2 Å². The highest BCUT2D eigenvalue weighted by atomic mass is 15.4. The highest BCUT2D eigenvalue weighted by Crippen LogP contribution is 2.39. The lowest BCUT2D eigenvalue weighted by Gasteiger charge is -2.36. The minimum Gasteiger partial charge on any atom is -0.369 e. The van der Waals surface area contributed by atoms with Crippen molar-refractivity contribution in [3.8, 4) is 11.4 Å². The number of aromatic nitrogens is 6. The summed E-state index contributed by atoms with van der Waals surface area (Å²) in [6.45, 7) is 5.46. The van der Waals surface area contributed by atoms with E-state index in [4.69, 9.17) is 9.97 Å². The summed E-state index contributed by atoms with van der Waals surface area (Å²) in [5.41, 5.74) is 4.80. The molecule has 1 saturated heterocycles. The first kappa shape index (κ1) is 21.6. The maximum Gasteiger partial charge on any atom is 0.133 e. The van der Waals surface area contributed by atoms with Crippen LogP contribution in [0.5, 0.6) is 0 Å². The van der Waals surface area contributed by atoms with Crippen LogP contribution in [0, 0.1) is 5.92 Å². The molecule has 1 N–H and O–H groups in total. The van der Waals surface area contributed by atoms with E-state index in [2.05, 4.69) is 44.6 Å². The van der Waals surface area contributed by atoms with Gasteiger partial charge in [-0.05, 0) is 70.0 Å². The van der Waals surface area contributed by atoms with Gasteiger partial charge in [0.25, 0.3) is 0 Å². The van der Waals surface area contributed by atoms with Crippen molar-refractivity contribution in [1.29, 1.82) is 0 Å². The Morgan fingerprint density at radius 2 is 1.94 bits per heavy atom. The van der Waals surface area contributed by atoms with Gasteiger partial charge in [-0.25, -0.2) is 9.67 Å². The van der Waals surface area contributed by atoms with Crippen LogP contribution in [0.25, 0.3) is 11.4 Å². The second-order valence-corrected chi connectivity index (χ2v) is 10.3. The Morgan fingerprint density at radius 3 is 2.71 bits per heavy atom. The second kappa shape index (κ2) is 9.41. The van der Waals surface area contributed by atoms with Gasteiger partial charge in [0.1, 0.15) is 11.4 Å². The predicted molar refractivity (Wildman–Crippen MR) is 132 cm³/mol. The maximum atomic E-state index is 4.80. The van der Waals surface area contributed by atoms with Crippen molar-refractivity contribution in [2.75, 3.05) is 24.5 Å². The molecule has 6 rings (SSSR count). The van der Waals surface area contributed by atoms with Crippen molar-refractivity contribution < 1.29 is 0 Å². The van der Waals surface area contributed by atoms with Gasteiger partial charge in [-0.1, -0.05) is 11.6 Å². The third-order valence-corrected chi connectivity index (χ3v) is 7.72. The molecule has 0 spiro atoms. The van der Waals surface area contributed by atoms with Gasteiger partial charge in [-0.2, -0.15) is 0 Å². The van der Waals surface area contributed by atoms with Gasteiger partial charge in [0.15, 0.2) is 0 Å². The van der Waals surface area contributed by atoms with E-state index < -0.39 is 0 Å². The van der Waals surface area contributed by atoms with E-state index in [-0.39, 0.29) is 6.04 Å². The Balaban J connectivity index is 1.10. The molecule has 0 bridgehead atoms. The lowest BCUT2D eigenvalue weighted by atomic mass is 9.85. The van der Waals surface area contributed by atoms with Gasteiger partial charge in [0.05, 0.1) is 41.7 Å². The molecular weight excluding hydrogens is 424 g/mol. The summed E-state index contributed by atoms with van der Waals surface area (Å²) in [6.07, 6.45) is 16.7. The van der Waals surface area contributed by atoms with E-state index in [1.54, 1.807) is 6.20 Å². The lowest BCUT2D eigenvalue weighted by molar-refractivity contribution is 0.280. The standard InChI is InChI=1S/C26H34N8/c1-18(34-17-26(31-32-34)25-15-27-14-24(30-25)20-7-8-20)23-10-9-22(13-29-23)33-11-3-6-21(16-33)28-12-19-4-2-5-19/h9-10,13-15,17-21,28H,2-8,11-12,16H2,1H3. The number of pyridine rings is 1. The SMILES string of the molecule is CC(c1ccc(N2CCCC(NCC3CCC3)C2)cn1)n1cc(-c2cncc(C3CC3)n2)nn1. The second-order valence-electron chi connectivity index (χ2n) is 10.3. The molecule has 2 unspecified atom stereocenters. The lowest BCUT2D eigenvalue weighted by Crippen LogP contribution is -2.47. The fraction of sp³-hybridized carbons (Fsp3) is 0.577. The first-order chi connectivity index (χ1) is 16.7. The van der Waals surface area contributed by atoms with Crippen LogP contribution in [0.15, 0.2) is 36.9 Å². The molecule has 3 aliphatic rings. The van der Waals surface area contributed by atoms with Crippen molar-refractivity contribution in [2.45, 2.75) is 69.9 Å². The molecule has 0 amide bonds. The van der Waals surface area contributed by atoms with Gasteiger partial charge in [0.2, 0.25) is 0 Å². The number of hydrogen-bond acceptors (Lipinski definition) is 7. The molecule has 8 heteroatoms. The number of nitrogens with zero attached hydrogens (tertiary/aromatic N) is 7. The third kappa shape index (κ3) is 4.69. The highest BCUT2D eigenvalue weighted by molar-refractivity contribution is 5.51. The van der Waals surface area contributed by atoms with Crippen molar-refractivity contribution in [3.63, 3.8) is 0 Å². The molecule has 3 aromatic heterocycles. The molecule has 2 saturated carbocycles. The average molecular weight is 459 g/mol. The van der Waals surface area contributed by atoms with E-state index in [1.807, 2.05) is 23.3 Å². The van der Waals surface area contributed by atoms with E-state index in [0.29, 0.717) is 12.0 Å². The summed E-state index contributed by atoms with van der Waals surface area (Å²) in [5.74, 6) is 1.47. The zero-order valence-corrected chi connectivity index (χ0v) is 20.0.